The van der Waals surface area contributed by atoms with Crippen LogP contribution in [0.15, 0.2) is 9.98 Å². The molecule has 0 atom stereocenters. The number of anilines is 4. The van der Waals surface area contributed by atoms with Crippen molar-refractivity contribution in [3.05, 3.63) is 10.8 Å². The van der Waals surface area contributed by atoms with Gasteiger partial charge >= 0.3 is 0 Å². The van der Waals surface area contributed by atoms with Crippen LogP contribution in [-0.2, 0) is 0 Å². The monoisotopic (exact) mass is 216 g/mol. The minimum Gasteiger partial charge on any atom is -0.422 e. The molecular weight excluding hydrogens is 208 g/mol. The van der Waals surface area contributed by atoms with E-state index in [0.717, 1.165) is 0 Å². The first-order valence-corrected chi connectivity index (χ1v) is 4.00. The molecule has 1 aromatic carbocycles. The second-order valence-corrected chi connectivity index (χ2v) is 2.78. The Morgan fingerprint density at radius 2 is 0.938 bits per heavy atom. The van der Waals surface area contributed by atoms with Crippen LogP contribution in [0.4, 0.5) is 34.1 Å². The first-order chi connectivity index (χ1) is 7.54. The average Bonchev–Trinajstić information content (AvgIpc) is 2.28. The molecule has 0 spiro atoms. The number of nitrogens with zero attached hydrogens (tertiary/aromatic N) is 4. The first-order valence-electron chi connectivity index (χ1n) is 4.00. The Balaban J connectivity index is 3.75. The minimum absolute atomic E-state index is 0.00519. The first kappa shape index (κ1) is 11.3. The van der Waals surface area contributed by atoms with Crippen LogP contribution in [0, 0.1) is 0 Å². The number of aliphatic imine (C=N–C) groups is 2. The molecule has 8 nitrogen and oxygen atoms in total. The fourth-order valence-corrected chi connectivity index (χ4v) is 1.14. The number of rotatable bonds is 2. The molecule has 0 saturated carbocycles. The van der Waals surface area contributed by atoms with Gasteiger partial charge in [0.25, 0.3) is 0 Å². The van der Waals surface area contributed by atoms with Crippen molar-refractivity contribution in [2.75, 3.05) is 22.9 Å². The minimum atomic E-state index is -0.0257. The third-order valence-corrected chi connectivity index (χ3v) is 1.92. The van der Waals surface area contributed by atoms with Gasteiger partial charge in [0, 0.05) is 11.4 Å². The van der Waals surface area contributed by atoms with Crippen LogP contribution < -0.4 is 22.9 Å². The Morgan fingerprint density at radius 1 is 0.688 bits per heavy atom. The molecule has 0 aliphatic carbocycles. The smallest absolute Gasteiger partial charge is 0.0610 e. The van der Waals surface area contributed by atoms with Gasteiger partial charge in [0.15, 0.2) is 0 Å². The molecule has 0 amide bonds. The highest BCUT2D eigenvalue weighted by Gasteiger charge is 2.10. The summed E-state index contributed by atoms with van der Waals surface area (Å²) in [7, 11) is 0. The highest BCUT2D eigenvalue weighted by Crippen LogP contribution is 2.46. The van der Waals surface area contributed by atoms with E-state index in [4.69, 9.17) is 33.8 Å². The Morgan fingerprint density at radius 3 is 1.12 bits per heavy atom. The van der Waals surface area contributed by atoms with E-state index in [0.29, 0.717) is 0 Å². The standard InChI is InChI=1S/C8H8N8/c9-1-15-7-3(11)5(13)8(16-2-10)6(14)4(7)12/h11-14H2/q-2. The van der Waals surface area contributed by atoms with E-state index in [1.165, 1.54) is 12.0 Å². The van der Waals surface area contributed by atoms with Crippen molar-refractivity contribution in [3.8, 4) is 0 Å². The zero-order valence-electron chi connectivity index (χ0n) is 8.10. The molecule has 0 aliphatic rings. The molecule has 0 aromatic heterocycles. The Kier molecular flexibility index (Phi) is 2.91. The lowest BCUT2D eigenvalue weighted by molar-refractivity contribution is 1.49. The van der Waals surface area contributed by atoms with Crippen molar-refractivity contribution < 1.29 is 0 Å². The molecule has 0 bridgehead atoms. The quantitative estimate of drug-likeness (QED) is 0.422. The maximum Gasteiger partial charge on any atom is 0.0610 e. The average molecular weight is 216 g/mol. The van der Waals surface area contributed by atoms with Crippen LogP contribution in [0.5, 0.6) is 0 Å². The molecule has 0 fully saturated rings. The van der Waals surface area contributed by atoms with Gasteiger partial charge in [-0.25, -0.2) is 0 Å². The van der Waals surface area contributed by atoms with Crippen molar-refractivity contribution in [1.82, 2.24) is 0 Å². The van der Waals surface area contributed by atoms with Crippen LogP contribution in [0.3, 0.4) is 0 Å². The lowest BCUT2D eigenvalue weighted by atomic mass is 10.1. The molecule has 0 aliphatic heterocycles. The van der Waals surface area contributed by atoms with E-state index in [1.54, 1.807) is 0 Å². The van der Waals surface area contributed by atoms with Gasteiger partial charge in [-0.05, 0) is 0 Å². The predicted octanol–water partition coefficient (Wildman–Crippen LogP) is 0.765. The van der Waals surface area contributed by atoms with Crippen molar-refractivity contribution in [2.24, 2.45) is 9.98 Å². The largest absolute Gasteiger partial charge is 0.422 e. The van der Waals surface area contributed by atoms with E-state index in [1.807, 2.05) is 0 Å². The fourth-order valence-electron chi connectivity index (χ4n) is 1.14. The third kappa shape index (κ3) is 1.57. The van der Waals surface area contributed by atoms with Crippen molar-refractivity contribution >= 4 is 46.1 Å². The van der Waals surface area contributed by atoms with Crippen LogP contribution >= 0.6 is 0 Å². The van der Waals surface area contributed by atoms with Gasteiger partial charge in [0.2, 0.25) is 0 Å². The molecule has 1 aromatic rings. The molecule has 1 rings (SSSR count). The summed E-state index contributed by atoms with van der Waals surface area (Å²) >= 11 is 0. The van der Waals surface area contributed by atoms with E-state index in [2.05, 4.69) is 9.98 Å². The van der Waals surface area contributed by atoms with Crippen LogP contribution in [0.2, 0.25) is 0 Å². The Labute approximate surface area is 90.7 Å². The normalized spacial score (nSPS) is 9.00. The molecule has 0 saturated heterocycles. The zero-order chi connectivity index (χ0) is 12.3. The number of hydrogen-bond donors (Lipinski definition) is 4. The summed E-state index contributed by atoms with van der Waals surface area (Å²) < 4.78 is 0. The van der Waals surface area contributed by atoms with Crippen molar-refractivity contribution in [3.63, 3.8) is 0 Å². The number of hydrogen-bond acceptors (Lipinski definition) is 6. The molecule has 0 unspecified atom stereocenters. The topological polar surface area (TPSA) is 173 Å². The van der Waals surface area contributed by atoms with Crippen molar-refractivity contribution in [1.29, 1.82) is 0 Å². The van der Waals surface area contributed by atoms with Gasteiger partial charge in [0.05, 0.1) is 22.7 Å². The Bertz CT molecular complexity index is 455. The Hall–Kier alpha value is -2.82. The maximum absolute atomic E-state index is 8.44. The second kappa shape index (κ2) is 4.14. The van der Waals surface area contributed by atoms with Crippen molar-refractivity contribution in [2.45, 2.75) is 0 Å². The molecule has 8 N–H and O–H groups in total. The summed E-state index contributed by atoms with van der Waals surface area (Å²) in [6.45, 7) is 0. The maximum atomic E-state index is 8.44. The molecule has 0 radical (unpaired) electrons. The summed E-state index contributed by atoms with van der Waals surface area (Å²) in [6, 6.07) is 3.06. The van der Waals surface area contributed by atoms with Gasteiger partial charge in [-0.15, -0.1) is 0 Å². The number of nitrogen functional groups attached to an aromatic ring is 4. The summed E-state index contributed by atoms with van der Waals surface area (Å²) in [5, 5.41) is 16.9. The summed E-state index contributed by atoms with van der Waals surface area (Å²) in [5.41, 5.74) is 22.3. The van der Waals surface area contributed by atoms with Crippen LogP contribution in [-0.4, -0.2) is 12.0 Å². The van der Waals surface area contributed by atoms with E-state index in [-0.39, 0.29) is 34.1 Å². The zero-order valence-corrected chi connectivity index (χ0v) is 8.10. The molecular formula is C8H8N8-2. The third-order valence-electron chi connectivity index (χ3n) is 1.92. The van der Waals surface area contributed by atoms with Crippen LogP contribution in [0.1, 0.15) is 0 Å². The highest BCUT2D eigenvalue weighted by molar-refractivity contribution is 6.03. The fraction of sp³-hybridized carbons (Fsp3) is 0. The van der Waals surface area contributed by atoms with Gasteiger partial charge in [-0.3, -0.25) is 0 Å². The summed E-state index contributed by atoms with van der Waals surface area (Å²) in [4.78, 5) is 6.80. The van der Waals surface area contributed by atoms with Gasteiger partial charge in [0.1, 0.15) is 0 Å². The molecule has 0 heterocycles. The van der Waals surface area contributed by atoms with E-state index in [9.17, 15) is 0 Å². The number of benzene rings is 1. The second-order valence-electron chi connectivity index (χ2n) is 2.78. The lowest BCUT2D eigenvalue weighted by Gasteiger charge is -2.18. The SMILES string of the molecule is [N-]=C=Nc1c(N)c(N)c(N=C=[N-])c(N)c1N. The van der Waals surface area contributed by atoms with Gasteiger partial charge in [-0.1, -0.05) is 0 Å². The predicted molar refractivity (Wildman–Crippen MR) is 65.0 cm³/mol. The van der Waals surface area contributed by atoms with Crippen LogP contribution in [0.25, 0.3) is 10.8 Å². The molecule has 8 heteroatoms. The van der Waals surface area contributed by atoms with E-state index < -0.39 is 0 Å². The molecule has 16 heavy (non-hydrogen) atoms. The van der Waals surface area contributed by atoms with E-state index >= 15 is 0 Å². The molecule has 82 valence electrons. The lowest BCUT2D eigenvalue weighted by Crippen LogP contribution is -2.03. The number of nitrogens with two attached hydrogens (primary N) is 4. The van der Waals surface area contributed by atoms with Gasteiger partial charge in [-0.2, -0.15) is 12.0 Å². The van der Waals surface area contributed by atoms with Gasteiger partial charge < -0.3 is 43.7 Å². The highest BCUT2D eigenvalue weighted by atomic mass is 14.9. The summed E-state index contributed by atoms with van der Waals surface area (Å²) in [6.07, 6.45) is 0. The summed E-state index contributed by atoms with van der Waals surface area (Å²) in [5.74, 6) is 0.